The maximum Gasteiger partial charge on any atom is 0.165 e. The molecule has 0 amide bonds. The first-order valence-corrected chi connectivity index (χ1v) is 7.10. The predicted molar refractivity (Wildman–Crippen MR) is 78.2 cm³/mol. The first-order valence-electron chi connectivity index (χ1n) is 7.10. The summed E-state index contributed by atoms with van der Waals surface area (Å²) in [6.45, 7) is 5.94. The summed E-state index contributed by atoms with van der Waals surface area (Å²) in [6, 6.07) is 5.86. The third-order valence-electron chi connectivity index (χ3n) is 4.11. The van der Waals surface area contributed by atoms with E-state index in [9.17, 15) is 4.79 Å². The third kappa shape index (κ3) is 2.91. The highest BCUT2D eigenvalue weighted by Gasteiger charge is 2.22. The predicted octanol–water partition coefficient (Wildman–Crippen LogP) is 3.52. The lowest BCUT2D eigenvalue weighted by molar-refractivity contribution is 0.101. The Bertz CT molecular complexity index is 448. The molecule has 3 heteroatoms. The normalized spacial score (nSPS) is 16.5. The van der Waals surface area contributed by atoms with Gasteiger partial charge in [-0.25, -0.2) is 0 Å². The van der Waals surface area contributed by atoms with Crippen LogP contribution in [0.2, 0.25) is 0 Å². The van der Waals surface area contributed by atoms with Crippen LogP contribution in [0.4, 0.5) is 5.69 Å². The quantitative estimate of drug-likeness (QED) is 0.777. The van der Waals surface area contributed by atoms with E-state index in [0.717, 1.165) is 30.3 Å². The Hall–Kier alpha value is -1.51. The number of nitrogens with zero attached hydrogens (tertiary/aromatic N) is 1. The zero-order valence-electron chi connectivity index (χ0n) is 12.1. The molecule has 1 aromatic rings. The van der Waals surface area contributed by atoms with Crippen LogP contribution in [-0.2, 0) is 0 Å². The van der Waals surface area contributed by atoms with Crippen LogP contribution < -0.4 is 9.64 Å². The molecule has 19 heavy (non-hydrogen) atoms. The zero-order valence-corrected chi connectivity index (χ0v) is 12.1. The molecular weight excluding hydrogens is 238 g/mol. The molecule has 0 aromatic heterocycles. The van der Waals surface area contributed by atoms with Gasteiger partial charge < -0.3 is 9.64 Å². The molecule has 1 aromatic carbocycles. The van der Waals surface area contributed by atoms with Gasteiger partial charge in [0, 0.05) is 13.1 Å². The maximum absolute atomic E-state index is 11.9. The molecule has 1 saturated heterocycles. The summed E-state index contributed by atoms with van der Waals surface area (Å²) < 4.78 is 5.33. The fourth-order valence-corrected chi connectivity index (χ4v) is 2.89. The molecule has 1 aliphatic heterocycles. The number of methoxy groups -OCH3 is 1. The van der Waals surface area contributed by atoms with Gasteiger partial charge in [-0.15, -0.1) is 0 Å². The van der Waals surface area contributed by atoms with Crippen molar-refractivity contribution in [3.05, 3.63) is 23.8 Å². The molecule has 2 rings (SSSR count). The van der Waals surface area contributed by atoms with Crippen LogP contribution in [0, 0.1) is 5.92 Å². The van der Waals surface area contributed by atoms with Gasteiger partial charge in [-0.3, -0.25) is 4.79 Å². The highest BCUT2D eigenvalue weighted by atomic mass is 16.5. The van der Waals surface area contributed by atoms with Crippen LogP contribution in [0.15, 0.2) is 18.2 Å². The molecule has 0 radical (unpaired) electrons. The average Bonchev–Trinajstić information content (AvgIpc) is 2.46. The Morgan fingerprint density at radius 3 is 2.58 bits per heavy atom. The van der Waals surface area contributed by atoms with Crippen molar-refractivity contribution in [2.75, 3.05) is 25.1 Å². The van der Waals surface area contributed by atoms with E-state index in [1.165, 1.54) is 19.3 Å². The topological polar surface area (TPSA) is 29.5 Å². The van der Waals surface area contributed by atoms with E-state index in [0.29, 0.717) is 5.75 Å². The monoisotopic (exact) mass is 261 g/mol. The van der Waals surface area contributed by atoms with Gasteiger partial charge in [-0.05, 0) is 37.8 Å². The lowest BCUT2D eigenvalue weighted by Gasteiger charge is -2.34. The molecule has 3 nitrogen and oxygen atoms in total. The summed E-state index contributed by atoms with van der Waals surface area (Å²) in [5.41, 5.74) is 1.75. The second kappa shape index (κ2) is 6.09. The number of hydrogen-bond acceptors (Lipinski definition) is 3. The Morgan fingerprint density at radius 1 is 1.37 bits per heavy atom. The SMILES string of the molecule is CCC1CCN(c2cccc(OC)c2C(C)=O)CC1. The van der Waals surface area contributed by atoms with Crippen LogP contribution in [0.25, 0.3) is 0 Å². The largest absolute Gasteiger partial charge is 0.496 e. The van der Waals surface area contributed by atoms with Crippen LogP contribution in [-0.4, -0.2) is 26.0 Å². The minimum atomic E-state index is 0.0741. The molecular formula is C16H23NO2. The minimum Gasteiger partial charge on any atom is -0.496 e. The molecule has 1 fully saturated rings. The maximum atomic E-state index is 11.9. The van der Waals surface area contributed by atoms with Gasteiger partial charge in [0.25, 0.3) is 0 Å². The van der Waals surface area contributed by atoms with Gasteiger partial charge in [0.15, 0.2) is 5.78 Å². The first kappa shape index (κ1) is 13.9. The van der Waals surface area contributed by atoms with E-state index < -0.39 is 0 Å². The number of carbonyl (C=O) groups excluding carboxylic acids is 1. The second-order valence-electron chi connectivity index (χ2n) is 5.25. The van der Waals surface area contributed by atoms with E-state index in [4.69, 9.17) is 4.74 Å². The van der Waals surface area contributed by atoms with Crippen molar-refractivity contribution in [2.45, 2.75) is 33.1 Å². The Kier molecular flexibility index (Phi) is 4.46. The van der Waals surface area contributed by atoms with Gasteiger partial charge in [0.1, 0.15) is 5.75 Å². The van der Waals surface area contributed by atoms with Crippen molar-refractivity contribution in [3.63, 3.8) is 0 Å². The van der Waals surface area contributed by atoms with Gasteiger partial charge in [0.2, 0.25) is 0 Å². The van der Waals surface area contributed by atoms with Crippen LogP contribution in [0.1, 0.15) is 43.5 Å². The van der Waals surface area contributed by atoms with Gasteiger partial charge in [-0.1, -0.05) is 19.4 Å². The van der Waals surface area contributed by atoms with Crippen LogP contribution >= 0.6 is 0 Å². The Labute approximate surface area is 115 Å². The molecule has 0 aliphatic carbocycles. The van der Waals surface area contributed by atoms with Crippen LogP contribution in [0.3, 0.4) is 0 Å². The summed E-state index contributed by atoms with van der Waals surface area (Å²) in [6.07, 6.45) is 3.68. The lowest BCUT2D eigenvalue weighted by atomic mass is 9.93. The summed E-state index contributed by atoms with van der Waals surface area (Å²) in [4.78, 5) is 14.2. The molecule has 0 unspecified atom stereocenters. The third-order valence-corrected chi connectivity index (χ3v) is 4.11. The van der Waals surface area contributed by atoms with Crippen molar-refractivity contribution in [1.82, 2.24) is 0 Å². The van der Waals surface area contributed by atoms with Crippen molar-refractivity contribution >= 4 is 11.5 Å². The van der Waals surface area contributed by atoms with E-state index >= 15 is 0 Å². The molecule has 104 valence electrons. The summed E-state index contributed by atoms with van der Waals surface area (Å²) in [5, 5.41) is 0. The molecule has 0 atom stereocenters. The van der Waals surface area contributed by atoms with E-state index in [1.54, 1.807) is 14.0 Å². The average molecular weight is 261 g/mol. The van der Waals surface area contributed by atoms with Crippen molar-refractivity contribution in [1.29, 1.82) is 0 Å². The number of ketones is 1. The van der Waals surface area contributed by atoms with Crippen molar-refractivity contribution in [3.8, 4) is 5.75 Å². The number of hydrogen-bond donors (Lipinski definition) is 0. The summed E-state index contributed by atoms with van der Waals surface area (Å²) in [5.74, 6) is 1.59. The lowest BCUT2D eigenvalue weighted by Crippen LogP contribution is -2.34. The summed E-state index contributed by atoms with van der Waals surface area (Å²) >= 11 is 0. The first-order chi connectivity index (χ1) is 9.17. The van der Waals surface area contributed by atoms with Crippen molar-refractivity contribution in [2.24, 2.45) is 5.92 Å². The number of ether oxygens (including phenoxy) is 1. The molecule has 0 saturated carbocycles. The number of piperidine rings is 1. The van der Waals surface area contributed by atoms with Gasteiger partial charge in [-0.2, -0.15) is 0 Å². The van der Waals surface area contributed by atoms with E-state index in [2.05, 4.69) is 11.8 Å². The molecule has 1 aliphatic rings. The number of benzene rings is 1. The number of carbonyl (C=O) groups is 1. The number of rotatable bonds is 4. The fraction of sp³-hybridized carbons (Fsp3) is 0.562. The van der Waals surface area contributed by atoms with Crippen LogP contribution in [0.5, 0.6) is 5.75 Å². The van der Waals surface area contributed by atoms with Crippen molar-refractivity contribution < 1.29 is 9.53 Å². The van der Waals surface area contributed by atoms with Gasteiger partial charge >= 0.3 is 0 Å². The highest BCUT2D eigenvalue weighted by molar-refractivity contribution is 6.02. The summed E-state index contributed by atoms with van der Waals surface area (Å²) in [7, 11) is 1.62. The van der Waals surface area contributed by atoms with E-state index in [-0.39, 0.29) is 5.78 Å². The molecule has 0 bridgehead atoms. The minimum absolute atomic E-state index is 0.0741. The standard InChI is InChI=1S/C16H23NO2/c1-4-13-8-10-17(11-9-13)14-6-5-7-15(19-3)16(14)12(2)18/h5-7,13H,4,8-11H2,1-3H3. The second-order valence-corrected chi connectivity index (χ2v) is 5.25. The Balaban J connectivity index is 2.27. The molecule has 0 N–H and O–H groups in total. The Morgan fingerprint density at radius 2 is 2.05 bits per heavy atom. The number of Topliss-reactive ketones (excluding diaryl/α,β-unsaturated/α-hetero) is 1. The fourth-order valence-electron chi connectivity index (χ4n) is 2.89. The molecule has 0 spiro atoms. The number of anilines is 1. The highest BCUT2D eigenvalue weighted by Crippen LogP contribution is 2.32. The smallest absolute Gasteiger partial charge is 0.165 e. The zero-order chi connectivity index (χ0) is 13.8. The van der Waals surface area contributed by atoms with E-state index in [1.807, 2.05) is 18.2 Å². The van der Waals surface area contributed by atoms with Gasteiger partial charge in [0.05, 0.1) is 18.4 Å². The molecule has 1 heterocycles.